The number of ether oxygens (including phenoxy) is 10. The molecule has 0 N–H and O–H groups in total. The van der Waals surface area contributed by atoms with Crippen LogP contribution in [0.3, 0.4) is 0 Å². The van der Waals surface area contributed by atoms with Crippen LogP contribution in [0.25, 0.3) is 22.6 Å². The Balaban J connectivity index is 1.68. The maximum absolute atomic E-state index is 13.0. The molecular formula is C39H40ClN3O20. The molecule has 4 rings (SSSR count). The molecule has 0 amide bonds. The molecule has 0 atom stereocenters. The number of aromatic nitrogens is 1. The topological polar surface area (TPSA) is 275 Å². The Morgan fingerprint density at radius 1 is 0.587 bits per heavy atom. The molecule has 0 spiro atoms. The van der Waals surface area contributed by atoms with E-state index >= 15 is 0 Å². The lowest BCUT2D eigenvalue weighted by molar-refractivity contribution is -0.165. The summed E-state index contributed by atoms with van der Waals surface area (Å²) >= 11 is 6.28. The van der Waals surface area contributed by atoms with Crippen LogP contribution in [-0.4, -0.2) is 113 Å². The molecular weight excluding hydrogens is 866 g/mol. The number of fused-ring (bicyclic) bond motifs is 1. The minimum Gasteiger partial charge on any atom is -0.488 e. The number of rotatable bonds is 23. The Morgan fingerprint density at radius 3 is 1.65 bits per heavy atom. The molecule has 0 saturated carbocycles. The van der Waals surface area contributed by atoms with Crippen molar-refractivity contribution in [1.82, 2.24) is 4.98 Å². The third kappa shape index (κ3) is 15.8. The highest BCUT2D eigenvalue weighted by atomic mass is 35.5. The van der Waals surface area contributed by atoms with Gasteiger partial charge >= 0.3 is 47.8 Å². The van der Waals surface area contributed by atoms with Crippen molar-refractivity contribution in [3.05, 3.63) is 53.4 Å². The minimum absolute atomic E-state index is 0.00384. The van der Waals surface area contributed by atoms with Crippen LogP contribution in [0.2, 0.25) is 5.02 Å². The first-order valence-corrected chi connectivity index (χ1v) is 18.6. The maximum Gasteiger partial charge on any atom is 0.378 e. The highest BCUT2D eigenvalue weighted by Crippen LogP contribution is 2.38. The third-order valence-corrected chi connectivity index (χ3v) is 7.86. The van der Waals surface area contributed by atoms with Gasteiger partial charge in [-0.25, -0.2) is 9.78 Å². The summed E-state index contributed by atoms with van der Waals surface area (Å²) in [5.74, 6) is -6.57. The molecule has 4 aromatic rings. The smallest absolute Gasteiger partial charge is 0.378 e. The van der Waals surface area contributed by atoms with Crippen molar-refractivity contribution in [3.63, 3.8) is 0 Å². The third-order valence-electron chi connectivity index (χ3n) is 7.62. The number of hydrogen-bond donors (Lipinski definition) is 0. The number of furan rings is 1. The van der Waals surface area contributed by atoms with Crippen molar-refractivity contribution in [2.75, 3.05) is 69.9 Å². The molecule has 2 aromatic heterocycles. The number of nitrogens with zero attached hydrogens (tertiary/aromatic N) is 3. The monoisotopic (exact) mass is 905 g/mol. The van der Waals surface area contributed by atoms with Crippen LogP contribution >= 0.6 is 11.6 Å². The number of oxazole rings is 1. The molecule has 2 heterocycles. The Morgan fingerprint density at radius 2 is 1.11 bits per heavy atom. The second-order valence-electron chi connectivity index (χ2n) is 12.5. The van der Waals surface area contributed by atoms with E-state index in [1.807, 2.05) is 0 Å². The van der Waals surface area contributed by atoms with Crippen LogP contribution < -0.4 is 19.3 Å². The van der Waals surface area contributed by atoms with Crippen molar-refractivity contribution in [2.45, 2.75) is 34.6 Å². The summed E-state index contributed by atoms with van der Waals surface area (Å²) in [5.41, 5.74) is 0.487. The number of carbonyl (C=O) groups is 8. The van der Waals surface area contributed by atoms with Gasteiger partial charge in [0.2, 0.25) is 26.1 Å². The van der Waals surface area contributed by atoms with Gasteiger partial charge in [-0.1, -0.05) is 11.6 Å². The van der Waals surface area contributed by atoms with Gasteiger partial charge in [0.05, 0.1) is 17.6 Å². The molecule has 0 aliphatic rings. The lowest BCUT2D eigenvalue weighted by Gasteiger charge is -2.26. The second-order valence-corrected chi connectivity index (χ2v) is 12.9. The number of esters is 8. The van der Waals surface area contributed by atoms with E-state index < -0.39 is 81.2 Å². The quantitative estimate of drug-likeness (QED) is 0.0444. The van der Waals surface area contributed by atoms with Gasteiger partial charge in [0.15, 0.2) is 19.2 Å². The zero-order valence-corrected chi connectivity index (χ0v) is 35.0. The Hall–Kier alpha value is -7.56. The Kier molecular flexibility index (Phi) is 17.9. The fourth-order valence-electron chi connectivity index (χ4n) is 4.91. The molecule has 0 aliphatic heterocycles. The van der Waals surface area contributed by atoms with E-state index in [4.69, 9.17) is 63.1 Å². The molecule has 0 saturated heterocycles. The van der Waals surface area contributed by atoms with Gasteiger partial charge in [-0.15, -0.1) is 0 Å². The average Bonchev–Trinajstić information content (AvgIpc) is 3.86. The van der Waals surface area contributed by atoms with E-state index in [0.29, 0.717) is 11.1 Å². The van der Waals surface area contributed by atoms with Crippen LogP contribution in [0.5, 0.6) is 11.5 Å². The predicted molar refractivity (Wildman–Crippen MR) is 210 cm³/mol. The highest BCUT2D eigenvalue weighted by molar-refractivity contribution is 6.30. The van der Waals surface area contributed by atoms with Crippen molar-refractivity contribution in [1.29, 1.82) is 0 Å². The number of hydrogen-bond acceptors (Lipinski definition) is 23. The molecule has 0 unspecified atom stereocenters. The van der Waals surface area contributed by atoms with Crippen molar-refractivity contribution in [3.8, 4) is 23.1 Å². The first-order valence-electron chi connectivity index (χ1n) is 18.2. The SMILES string of the molecule is CC(=O)OCOC(=O)CN(CC(=O)OCOC(C)=O)c1cc2oc(-c3ncc(C(=O)OCOC(C)=O)o3)cc2cc1OCCOc1cc(Cl)ccc1N(COC(C)=O)COC(C)=O. The summed E-state index contributed by atoms with van der Waals surface area (Å²) in [4.78, 5) is 102. The van der Waals surface area contributed by atoms with E-state index in [1.54, 1.807) is 6.07 Å². The summed E-state index contributed by atoms with van der Waals surface area (Å²) in [6, 6.07) is 8.90. The van der Waals surface area contributed by atoms with Gasteiger partial charge in [0.25, 0.3) is 5.89 Å². The van der Waals surface area contributed by atoms with Gasteiger partial charge in [0.1, 0.15) is 43.4 Å². The summed E-state index contributed by atoms with van der Waals surface area (Å²) in [6.45, 7) is 1.24. The van der Waals surface area contributed by atoms with Crippen LogP contribution in [0.1, 0.15) is 45.2 Å². The van der Waals surface area contributed by atoms with E-state index in [1.165, 1.54) is 54.0 Å². The molecule has 24 heteroatoms. The van der Waals surface area contributed by atoms with Crippen LogP contribution in [0.15, 0.2) is 51.4 Å². The molecule has 63 heavy (non-hydrogen) atoms. The highest BCUT2D eigenvalue weighted by Gasteiger charge is 2.25. The Labute approximate surface area is 361 Å². The molecule has 23 nitrogen and oxygen atoms in total. The van der Waals surface area contributed by atoms with Gasteiger partial charge in [0, 0.05) is 57.2 Å². The normalized spacial score (nSPS) is 10.5. The number of halogens is 1. The summed E-state index contributed by atoms with van der Waals surface area (Å²) in [6.07, 6.45) is 1.06. The molecule has 0 radical (unpaired) electrons. The minimum atomic E-state index is -0.991. The molecule has 0 aliphatic carbocycles. The van der Waals surface area contributed by atoms with Crippen molar-refractivity contribution < 1.29 is 94.6 Å². The fourth-order valence-corrected chi connectivity index (χ4v) is 5.07. The van der Waals surface area contributed by atoms with E-state index in [0.717, 1.165) is 27.0 Å². The first-order chi connectivity index (χ1) is 30.0. The zero-order chi connectivity index (χ0) is 46.1. The first kappa shape index (κ1) is 48.1. The van der Waals surface area contributed by atoms with E-state index in [2.05, 4.69) is 9.72 Å². The molecule has 0 bridgehead atoms. The average molecular weight is 906 g/mol. The standard InChI is InChI=1S/C39H40ClN3O20/c1-22(44)54-17-43(18-55-23(2)45)29-7-6-28(40)12-33(29)53-9-8-52-32-10-27-11-34(38-41-14-35(63-38)39(51)61-21-58-26(5)48)62-31(27)13-30(32)42(15-36(49)59-19-56-24(3)46)16-37(50)60-20-57-25(4)47/h6-7,10-14H,8-9,15-21H2,1-5H3. The van der Waals surface area contributed by atoms with Crippen LogP contribution in [-0.2, 0) is 71.5 Å². The largest absolute Gasteiger partial charge is 0.488 e. The number of benzene rings is 2. The van der Waals surface area contributed by atoms with E-state index in [9.17, 15) is 38.4 Å². The van der Waals surface area contributed by atoms with Crippen molar-refractivity contribution in [2.24, 2.45) is 0 Å². The second kappa shape index (κ2) is 23.4. The molecule has 0 fully saturated rings. The predicted octanol–water partition coefficient (Wildman–Crippen LogP) is 3.66. The van der Waals surface area contributed by atoms with E-state index in [-0.39, 0.29) is 71.9 Å². The molecule has 338 valence electrons. The maximum atomic E-state index is 13.0. The summed E-state index contributed by atoms with van der Waals surface area (Å²) in [7, 11) is 0. The lowest BCUT2D eigenvalue weighted by atomic mass is 10.2. The van der Waals surface area contributed by atoms with Crippen LogP contribution in [0.4, 0.5) is 11.4 Å². The van der Waals surface area contributed by atoms with Gasteiger partial charge in [-0.3, -0.25) is 33.6 Å². The summed E-state index contributed by atoms with van der Waals surface area (Å²) < 4.78 is 62.8. The zero-order valence-electron chi connectivity index (χ0n) is 34.3. The summed E-state index contributed by atoms with van der Waals surface area (Å²) in [5, 5.41) is 0.632. The van der Waals surface area contributed by atoms with Gasteiger partial charge < -0.3 is 66.0 Å². The number of anilines is 2. The Bertz CT molecular complexity index is 2250. The van der Waals surface area contributed by atoms with Crippen LogP contribution in [0, 0.1) is 0 Å². The fraction of sp³-hybridized carbons (Fsp3) is 0.359. The lowest BCUT2D eigenvalue weighted by Crippen LogP contribution is -2.37. The van der Waals surface area contributed by atoms with Gasteiger partial charge in [-0.2, -0.15) is 0 Å². The number of carbonyl (C=O) groups excluding carboxylic acids is 8. The molecule has 2 aromatic carbocycles. The van der Waals surface area contributed by atoms with Gasteiger partial charge in [-0.05, 0) is 24.3 Å². The van der Waals surface area contributed by atoms with Crippen molar-refractivity contribution >= 4 is 81.7 Å².